The van der Waals surface area contributed by atoms with Gasteiger partial charge >= 0.3 is 0 Å². The second-order valence-electron chi connectivity index (χ2n) is 28.3. The van der Waals surface area contributed by atoms with Crippen LogP contribution in [0.15, 0.2) is 121 Å². The Kier molecular flexibility index (Phi) is 33.7. The molecule has 9 aromatic carbocycles. The van der Waals surface area contributed by atoms with Crippen LogP contribution in [0.1, 0.15) is 295 Å². The van der Waals surface area contributed by atoms with Gasteiger partial charge in [-0.15, -0.1) is 0 Å². The number of hydrogen-bond donors (Lipinski definition) is 0. The highest BCUT2D eigenvalue weighted by atomic mass is 16.5. The second-order valence-corrected chi connectivity index (χ2v) is 28.3. The first kappa shape index (κ1) is 76.6. The van der Waals surface area contributed by atoms with Crippen LogP contribution in [0.25, 0.3) is 64.6 Å². The fourth-order valence-corrected chi connectivity index (χ4v) is 14.2. The van der Waals surface area contributed by atoms with Crippen molar-refractivity contribution in [2.45, 2.75) is 273 Å². The summed E-state index contributed by atoms with van der Waals surface area (Å²) in [6.07, 6.45) is 43.3. The average Bonchev–Trinajstić information content (AvgIpc) is 0.765. The molecule has 0 atom stereocenters. The van der Waals surface area contributed by atoms with Gasteiger partial charge in [0.2, 0.25) is 0 Å². The normalized spacial score (nSPS) is 11.4. The van der Waals surface area contributed by atoms with Gasteiger partial charge in [0.1, 0.15) is 0 Å². The van der Waals surface area contributed by atoms with Gasteiger partial charge in [-0.25, -0.2) is 0 Å². The minimum atomic E-state index is 0.627. The molecule has 0 saturated heterocycles. The molecule has 0 heterocycles. The van der Waals surface area contributed by atoms with Crippen LogP contribution in [-0.2, 0) is 0 Å². The van der Waals surface area contributed by atoms with Gasteiger partial charge in [0, 0.05) is 54.6 Å². The molecule has 0 N–H and O–H groups in total. The first-order valence-electron chi connectivity index (χ1n) is 40.3. The highest BCUT2D eigenvalue weighted by Gasteiger charge is 2.22. The van der Waals surface area contributed by atoms with Crippen molar-refractivity contribution >= 4 is 64.6 Å². The van der Waals surface area contributed by atoms with Gasteiger partial charge < -0.3 is 28.4 Å². The lowest BCUT2D eigenvalue weighted by molar-refractivity contribution is 0.263. The van der Waals surface area contributed by atoms with Crippen molar-refractivity contribution in [2.75, 3.05) is 39.6 Å². The van der Waals surface area contributed by atoms with Crippen LogP contribution in [0.4, 0.5) is 0 Å². The Hall–Kier alpha value is -7.54. The van der Waals surface area contributed by atoms with Crippen LogP contribution in [-0.4, -0.2) is 39.6 Å². The van der Waals surface area contributed by atoms with E-state index < -0.39 is 0 Å². The van der Waals surface area contributed by atoms with Crippen LogP contribution in [0.2, 0.25) is 0 Å². The summed E-state index contributed by atoms with van der Waals surface area (Å²) in [5.41, 5.74) is 3.74. The molecule has 0 fully saturated rings. The van der Waals surface area contributed by atoms with Gasteiger partial charge in [-0.2, -0.15) is 0 Å². The van der Waals surface area contributed by atoms with Gasteiger partial charge in [-0.05, 0) is 144 Å². The Balaban J connectivity index is 1.10. The van der Waals surface area contributed by atoms with E-state index >= 15 is 0 Å². The Morgan fingerprint density at radius 3 is 0.560 bits per heavy atom. The molecule has 0 bridgehead atoms. The van der Waals surface area contributed by atoms with Gasteiger partial charge in [0.15, 0.2) is 34.5 Å². The van der Waals surface area contributed by atoms with Crippen molar-refractivity contribution in [1.82, 2.24) is 0 Å². The number of benzene rings is 9. The van der Waals surface area contributed by atoms with Crippen LogP contribution < -0.4 is 28.4 Å². The summed E-state index contributed by atoms with van der Waals surface area (Å²) in [5, 5.41) is 13.0. The fourth-order valence-electron chi connectivity index (χ4n) is 14.2. The molecular formula is C94H122O6. The van der Waals surface area contributed by atoms with Gasteiger partial charge in [-0.1, -0.05) is 306 Å². The third-order valence-corrected chi connectivity index (χ3v) is 20.1. The number of hydrogen-bond acceptors (Lipinski definition) is 6. The Labute approximate surface area is 603 Å². The standard InChI is InChI=1S/C94H122O6/c1-7-13-19-25-31-41-63-95-89-79-49-39-37-47-77(79)85-69-73(55-59-81(85)91(89)97-65-43-33-27-21-15-9-3)51-53-75-57-61-83-87(71-75)88-72-76(58-62-84(88)94(100-68-46-36-30-24-18-12-6)93(83)99-67-45-35-29-23-17-11-5)54-52-74-56-60-82-86(70-74)78-48-38-40-50-80(78)90(96-64-42-32-26-20-14-8-2)92(82)98-66-44-34-28-22-16-10-4/h37-40,47-50,55-62,69-72H,7-36,41-46,63-68H2,1-6H3. The summed E-state index contributed by atoms with van der Waals surface area (Å²) in [6.45, 7) is 17.6. The van der Waals surface area contributed by atoms with E-state index in [0.29, 0.717) is 39.6 Å². The summed E-state index contributed by atoms with van der Waals surface area (Å²) < 4.78 is 41.4. The van der Waals surface area contributed by atoms with Gasteiger partial charge in [0.25, 0.3) is 0 Å². The highest BCUT2D eigenvalue weighted by Crippen LogP contribution is 2.48. The maximum atomic E-state index is 7.01. The van der Waals surface area contributed by atoms with Crippen molar-refractivity contribution in [3.8, 4) is 58.2 Å². The van der Waals surface area contributed by atoms with Crippen molar-refractivity contribution in [2.24, 2.45) is 0 Å². The fraction of sp³-hybridized carbons (Fsp3) is 0.511. The zero-order chi connectivity index (χ0) is 69.6. The predicted molar refractivity (Wildman–Crippen MR) is 430 cm³/mol. The minimum Gasteiger partial charge on any atom is -0.489 e. The molecule has 6 heteroatoms. The molecule has 534 valence electrons. The van der Waals surface area contributed by atoms with E-state index in [1.54, 1.807) is 0 Å². The topological polar surface area (TPSA) is 55.4 Å². The van der Waals surface area contributed by atoms with E-state index in [0.717, 1.165) is 173 Å². The lowest BCUT2D eigenvalue weighted by Crippen LogP contribution is -2.04. The summed E-state index contributed by atoms with van der Waals surface area (Å²) in [4.78, 5) is 0. The van der Waals surface area contributed by atoms with Crippen molar-refractivity contribution in [3.63, 3.8) is 0 Å². The van der Waals surface area contributed by atoms with Gasteiger partial charge in [-0.3, -0.25) is 0 Å². The van der Waals surface area contributed by atoms with Crippen molar-refractivity contribution in [1.29, 1.82) is 0 Å². The third kappa shape index (κ3) is 22.7. The largest absolute Gasteiger partial charge is 0.489 e. The minimum absolute atomic E-state index is 0.627. The molecule has 100 heavy (non-hydrogen) atoms. The molecule has 0 saturated carbocycles. The molecular weight excluding hydrogens is 1230 g/mol. The van der Waals surface area contributed by atoms with E-state index in [4.69, 9.17) is 28.4 Å². The highest BCUT2D eigenvalue weighted by molar-refractivity contribution is 6.16. The van der Waals surface area contributed by atoms with Crippen LogP contribution >= 0.6 is 0 Å². The quantitative estimate of drug-likeness (QED) is 0.0215. The zero-order valence-electron chi connectivity index (χ0n) is 62.7. The number of fused-ring (bicyclic) bond motifs is 9. The Bertz CT molecular complexity index is 3800. The van der Waals surface area contributed by atoms with Crippen LogP contribution in [0.3, 0.4) is 0 Å². The van der Waals surface area contributed by atoms with Gasteiger partial charge in [0.05, 0.1) is 39.6 Å². The Morgan fingerprint density at radius 1 is 0.180 bits per heavy atom. The number of ether oxygens (including phenoxy) is 6. The molecule has 0 aliphatic heterocycles. The SMILES string of the molecule is CCCCCCCCOc1c(OCCCCCCCC)c2ccc(C#Cc3ccc4c(OCCCCCCCC)c(OCCCCCCCC)c5ccc(C#Cc6ccc7c(OCCCCCCCC)c(OCCCCCCCC)c8ccccc8c7c6)cc5c4c3)cc2c2ccccc12. The van der Waals surface area contributed by atoms with E-state index in [1.165, 1.54) is 180 Å². The molecule has 0 unspecified atom stereocenters. The lowest BCUT2D eigenvalue weighted by atomic mass is 9.96. The van der Waals surface area contributed by atoms with E-state index in [1.807, 2.05) is 0 Å². The van der Waals surface area contributed by atoms with Crippen molar-refractivity contribution in [3.05, 3.63) is 144 Å². The first-order valence-corrected chi connectivity index (χ1v) is 40.3. The first-order chi connectivity index (χ1) is 49.5. The average molecular weight is 1350 g/mol. The molecule has 0 radical (unpaired) electrons. The number of rotatable bonds is 48. The molecule has 0 spiro atoms. The molecule has 9 rings (SSSR count). The summed E-state index contributed by atoms with van der Waals surface area (Å²) in [7, 11) is 0. The smallest absolute Gasteiger partial charge is 0.169 e. The summed E-state index contributed by atoms with van der Waals surface area (Å²) >= 11 is 0. The van der Waals surface area contributed by atoms with Crippen LogP contribution in [0, 0.1) is 23.7 Å². The predicted octanol–water partition coefficient (Wildman–Crippen LogP) is 27.8. The molecule has 0 aliphatic rings. The zero-order valence-corrected chi connectivity index (χ0v) is 62.7. The maximum absolute atomic E-state index is 7.01. The molecule has 9 aromatic rings. The summed E-state index contributed by atoms with van der Waals surface area (Å²) in [5.74, 6) is 19.7. The summed E-state index contributed by atoms with van der Waals surface area (Å²) in [6, 6.07) is 43.9. The molecule has 0 amide bonds. The van der Waals surface area contributed by atoms with E-state index in [9.17, 15) is 0 Å². The molecule has 0 aliphatic carbocycles. The third-order valence-electron chi connectivity index (χ3n) is 20.1. The maximum Gasteiger partial charge on any atom is 0.169 e. The monoisotopic (exact) mass is 1350 g/mol. The lowest BCUT2D eigenvalue weighted by Gasteiger charge is -2.19. The molecule has 0 aromatic heterocycles. The van der Waals surface area contributed by atoms with E-state index in [2.05, 4.69) is 187 Å². The number of unbranched alkanes of at least 4 members (excludes halogenated alkanes) is 30. The Morgan fingerprint density at radius 2 is 0.350 bits per heavy atom. The van der Waals surface area contributed by atoms with E-state index in [-0.39, 0.29) is 0 Å². The van der Waals surface area contributed by atoms with Crippen LogP contribution in [0.5, 0.6) is 34.5 Å². The molecule has 6 nitrogen and oxygen atoms in total. The second kappa shape index (κ2) is 44.0. The van der Waals surface area contributed by atoms with Crippen molar-refractivity contribution < 1.29 is 28.4 Å².